The Morgan fingerprint density at radius 3 is 2.35 bits per heavy atom. The fourth-order valence-corrected chi connectivity index (χ4v) is 2.80. The van der Waals surface area contributed by atoms with Gasteiger partial charge in [0.15, 0.2) is 0 Å². The van der Waals surface area contributed by atoms with Gasteiger partial charge in [-0.15, -0.1) is 12.4 Å². The zero-order valence-electron chi connectivity index (χ0n) is 13.4. The Kier molecular flexibility index (Phi) is 6.30. The number of aryl methyl sites for hydroxylation is 2. The lowest BCUT2D eigenvalue weighted by Crippen LogP contribution is -2.18. The van der Waals surface area contributed by atoms with E-state index in [1.165, 1.54) is 0 Å². The maximum atomic E-state index is 14.5. The third-order valence-corrected chi connectivity index (χ3v) is 3.95. The minimum Gasteiger partial charge on any atom is -0.481 e. The van der Waals surface area contributed by atoms with Crippen molar-refractivity contribution in [3.63, 3.8) is 0 Å². The molecule has 2 aromatic rings. The summed E-state index contributed by atoms with van der Waals surface area (Å²) in [6.07, 6.45) is -0.297. The molecule has 0 saturated heterocycles. The number of aliphatic carboxylic acids is 1. The number of halogens is 2. The van der Waals surface area contributed by atoms with Crippen molar-refractivity contribution in [3.05, 3.63) is 58.4 Å². The molecule has 23 heavy (non-hydrogen) atoms. The molecule has 3 nitrogen and oxygen atoms in total. The van der Waals surface area contributed by atoms with Crippen LogP contribution in [0.1, 0.15) is 34.7 Å². The van der Waals surface area contributed by atoms with Gasteiger partial charge in [0.25, 0.3) is 0 Å². The number of carboxylic acid groups (broad SMARTS) is 1. The van der Waals surface area contributed by atoms with Gasteiger partial charge in [0, 0.05) is 11.6 Å². The van der Waals surface area contributed by atoms with Crippen molar-refractivity contribution >= 4 is 18.4 Å². The molecule has 5 heteroatoms. The second-order valence-electron chi connectivity index (χ2n) is 5.61. The lowest BCUT2D eigenvalue weighted by molar-refractivity contribution is -0.137. The van der Waals surface area contributed by atoms with Crippen molar-refractivity contribution in [3.8, 4) is 11.1 Å². The Bertz CT molecular complexity index is 731. The number of rotatable bonds is 4. The standard InChI is InChI=1S/C18H20FNO2.ClH/c1-10-6-4-5-7-13(10)14-8-11(2)18(19)17(12(14)3)15(20)9-16(21)22;/h4-8,15H,9,20H2,1-3H3,(H,21,22);1H. The first-order valence-electron chi connectivity index (χ1n) is 7.16. The molecule has 0 saturated carbocycles. The third kappa shape index (κ3) is 3.89. The van der Waals surface area contributed by atoms with E-state index in [9.17, 15) is 9.18 Å². The summed E-state index contributed by atoms with van der Waals surface area (Å²) in [5.74, 6) is -1.45. The van der Waals surface area contributed by atoms with Crippen LogP contribution in [0.4, 0.5) is 4.39 Å². The first kappa shape index (κ1) is 19.1. The van der Waals surface area contributed by atoms with Crippen molar-refractivity contribution in [1.82, 2.24) is 0 Å². The molecule has 0 bridgehead atoms. The topological polar surface area (TPSA) is 63.3 Å². The average molecular weight is 338 g/mol. The Hall–Kier alpha value is -1.91. The van der Waals surface area contributed by atoms with Crippen LogP contribution in [0, 0.1) is 26.6 Å². The van der Waals surface area contributed by atoms with E-state index >= 15 is 0 Å². The second-order valence-corrected chi connectivity index (χ2v) is 5.61. The molecule has 0 aliphatic rings. The molecule has 2 rings (SSSR count). The van der Waals surface area contributed by atoms with Crippen LogP contribution in [0.25, 0.3) is 11.1 Å². The van der Waals surface area contributed by atoms with Gasteiger partial charge in [-0.25, -0.2) is 4.39 Å². The zero-order chi connectivity index (χ0) is 16.4. The van der Waals surface area contributed by atoms with E-state index in [1.807, 2.05) is 31.2 Å². The Morgan fingerprint density at radius 1 is 1.17 bits per heavy atom. The largest absolute Gasteiger partial charge is 0.481 e. The Morgan fingerprint density at radius 2 is 1.78 bits per heavy atom. The maximum Gasteiger partial charge on any atom is 0.305 e. The third-order valence-electron chi connectivity index (χ3n) is 3.95. The summed E-state index contributed by atoms with van der Waals surface area (Å²) in [6, 6.07) is 8.77. The summed E-state index contributed by atoms with van der Waals surface area (Å²) in [6.45, 7) is 5.46. The average Bonchev–Trinajstić information content (AvgIpc) is 2.43. The molecule has 0 radical (unpaired) electrons. The van der Waals surface area contributed by atoms with Crippen LogP contribution in [0.5, 0.6) is 0 Å². The highest BCUT2D eigenvalue weighted by Gasteiger charge is 2.22. The number of carboxylic acids is 1. The van der Waals surface area contributed by atoms with E-state index in [4.69, 9.17) is 10.8 Å². The minimum atomic E-state index is -1.04. The molecule has 1 unspecified atom stereocenters. The molecule has 3 N–H and O–H groups in total. The van der Waals surface area contributed by atoms with Gasteiger partial charge in [0.2, 0.25) is 0 Å². The summed E-state index contributed by atoms with van der Waals surface area (Å²) in [5.41, 5.74) is 10.4. The fraction of sp³-hybridized carbons (Fsp3) is 0.278. The smallest absolute Gasteiger partial charge is 0.305 e. The van der Waals surface area contributed by atoms with Crippen molar-refractivity contribution in [2.75, 3.05) is 0 Å². The van der Waals surface area contributed by atoms with Crippen LogP contribution in [-0.2, 0) is 4.79 Å². The van der Waals surface area contributed by atoms with Gasteiger partial charge >= 0.3 is 5.97 Å². The highest BCUT2D eigenvalue weighted by Crippen LogP contribution is 2.34. The van der Waals surface area contributed by atoms with Crippen LogP contribution in [0.15, 0.2) is 30.3 Å². The molecule has 2 aromatic carbocycles. The molecule has 0 fully saturated rings. The number of carbonyl (C=O) groups is 1. The zero-order valence-corrected chi connectivity index (χ0v) is 14.2. The monoisotopic (exact) mass is 337 g/mol. The number of benzene rings is 2. The molecule has 0 aliphatic heterocycles. The highest BCUT2D eigenvalue weighted by molar-refractivity contribution is 5.85. The quantitative estimate of drug-likeness (QED) is 0.873. The normalized spacial score (nSPS) is 11.7. The van der Waals surface area contributed by atoms with Crippen LogP contribution < -0.4 is 5.73 Å². The van der Waals surface area contributed by atoms with E-state index in [-0.39, 0.29) is 18.8 Å². The number of hydrogen-bond donors (Lipinski definition) is 2. The van der Waals surface area contributed by atoms with Gasteiger partial charge in [0.1, 0.15) is 5.82 Å². The van der Waals surface area contributed by atoms with Gasteiger partial charge in [-0.1, -0.05) is 24.3 Å². The summed E-state index contributed by atoms with van der Waals surface area (Å²) in [4.78, 5) is 10.9. The summed E-state index contributed by atoms with van der Waals surface area (Å²) in [7, 11) is 0. The summed E-state index contributed by atoms with van der Waals surface area (Å²) >= 11 is 0. The first-order chi connectivity index (χ1) is 10.3. The van der Waals surface area contributed by atoms with Gasteiger partial charge < -0.3 is 10.8 Å². The molecule has 1 atom stereocenters. The summed E-state index contributed by atoms with van der Waals surface area (Å²) < 4.78 is 14.5. The highest BCUT2D eigenvalue weighted by atomic mass is 35.5. The van der Waals surface area contributed by atoms with E-state index in [0.717, 1.165) is 16.7 Å². The molecular formula is C18H21ClFNO2. The predicted molar refractivity (Wildman–Crippen MR) is 92.5 cm³/mol. The van der Waals surface area contributed by atoms with Crippen molar-refractivity contribution in [2.45, 2.75) is 33.2 Å². The van der Waals surface area contributed by atoms with Crippen molar-refractivity contribution < 1.29 is 14.3 Å². The predicted octanol–water partition coefficient (Wildman–Crippen LogP) is 4.31. The van der Waals surface area contributed by atoms with Crippen molar-refractivity contribution in [1.29, 1.82) is 0 Å². The Labute approximate surface area is 141 Å². The molecule has 0 aromatic heterocycles. The van der Waals surface area contributed by atoms with Gasteiger partial charge in [0.05, 0.1) is 6.42 Å². The van der Waals surface area contributed by atoms with Gasteiger partial charge in [-0.3, -0.25) is 4.79 Å². The Balaban J connectivity index is 0.00000264. The maximum absolute atomic E-state index is 14.5. The molecule has 0 spiro atoms. The molecule has 0 heterocycles. The molecular weight excluding hydrogens is 317 g/mol. The van der Waals surface area contributed by atoms with E-state index < -0.39 is 17.8 Å². The fourth-order valence-electron chi connectivity index (χ4n) is 2.80. The van der Waals surface area contributed by atoms with Crippen LogP contribution >= 0.6 is 12.4 Å². The van der Waals surface area contributed by atoms with Crippen LogP contribution in [0.2, 0.25) is 0 Å². The molecule has 0 amide bonds. The lowest BCUT2D eigenvalue weighted by atomic mass is 9.88. The minimum absolute atomic E-state index is 0. The first-order valence-corrected chi connectivity index (χ1v) is 7.16. The summed E-state index contributed by atoms with van der Waals surface area (Å²) in [5, 5.41) is 8.92. The van der Waals surface area contributed by atoms with E-state index in [1.54, 1.807) is 19.9 Å². The van der Waals surface area contributed by atoms with E-state index in [2.05, 4.69) is 0 Å². The molecule has 124 valence electrons. The van der Waals surface area contributed by atoms with Crippen LogP contribution in [0.3, 0.4) is 0 Å². The second kappa shape index (κ2) is 7.57. The van der Waals surface area contributed by atoms with Gasteiger partial charge in [-0.05, 0) is 54.7 Å². The van der Waals surface area contributed by atoms with Crippen molar-refractivity contribution in [2.24, 2.45) is 5.73 Å². The van der Waals surface area contributed by atoms with E-state index in [0.29, 0.717) is 16.7 Å². The number of hydrogen-bond acceptors (Lipinski definition) is 2. The van der Waals surface area contributed by atoms with Crippen LogP contribution in [-0.4, -0.2) is 11.1 Å². The molecule has 0 aliphatic carbocycles. The SMILES string of the molecule is Cc1ccccc1-c1cc(C)c(F)c(C(N)CC(=O)O)c1C.Cl. The number of nitrogens with two attached hydrogens (primary N) is 1. The van der Waals surface area contributed by atoms with Gasteiger partial charge in [-0.2, -0.15) is 0 Å². The lowest BCUT2D eigenvalue weighted by Gasteiger charge is -2.20.